The van der Waals surface area contributed by atoms with Crippen LogP contribution in [0.1, 0.15) is 33.6 Å². The van der Waals surface area contributed by atoms with Gasteiger partial charge in [-0.15, -0.1) is 0 Å². The van der Waals surface area contributed by atoms with Gasteiger partial charge in [-0.05, 0) is 33.6 Å². The number of aldehydes is 1. The zero-order valence-electron chi connectivity index (χ0n) is 12.6. The zero-order chi connectivity index (χ0) is 15.8. The molecule has 0 saturated carbocycles. The number of sulfonamides is 1. The van der Waals surface area contributed by atoms with Crippen molar-refractivity contribution >= 4 is 22.4 Å². The Labute approximate surface area is 125 Å². The molecule has 2 fully saturated rings. The van der Waals surface area contributed by atoms with E-state index in [1.165, 1.54) is 9.21 Å². The third-order valence-electron chi connectivity index (χ3n) is 3.67. The van der Waals surface area contributed by atoms with Crippen molar-refractivity contribution in [1.82, 2.24) is 9.21 Å². The van der Waals surface area contributed by atoms with Crippen LogP contribution < -0.4 is 0 Å². The Bertz CT molecular complexity index is 525. The molecule has 1 unspecified atom stereocenters. The van der Waals surface area contributed by atoms with E-state index in [1.807, 2.05) is 0 Å². The van der Waals surface area contributed by atoms with Crippen LogP contribution in [0.3, 0.4) is 0 Å². The lowest BCUT2D eigenvalue weighted by atomic mass is 10.1. The van der Waals surface area contributed by atoms with Crippen molar-refractivity contribution in [2.45, 2.75) is 51.3 Å². The molecule has 120 valence electrons. The van der Waals surface area contributed by atoms with E-state index in [0.717, 1.165) is 0 Å². The molecule has 2 saturated heterocycles. The number of hydrogen-bond donors (Lipinski definition) is 0. The minimum atomic E-state index is -3.41. The van der Waals surface area contributed by atoms with Gasteiger partial charge in [-0.1, -0.05) is 0 Å². The van der Waals surface area contributed by atoms with Gasteiger partial charge in [0.25, 0.3) is 0 Å². The summed E-state index contributed by atoms with van der Waals surface area (Å²) in [6.07, 6.45) is 1.18. The van der Waals surface area contributed by atoms with Crippen molar-refractivity contribution in [1.29, 1.82) is 0 Å². The normalized spacial score (nSPS) is 32.1. The Morgan fingerprint density at radius 1 is 1.29 bits per heavy atom. The summed E-state index contributed by atoms with van der Waals surface area (Å²) in [5.74, 6) is 0.0238. The van der Waals surface area contributed by atoms with Crippen LogP contribution in [0, 0.1) is 0 Å². The number of carbonyl (C=O) groups excluding carboxylic acids is 2. The van der Waals surface area contributed by atoms with E-state index in [9.17, 15) is 18.0 Å². The first kappa shape index (κ1) is 16.2. The van der Waals surface area contributed by atoms with Crippen LogP contribution in [-0.2, 0) is 19.6 Å². The third kappa shape index (κ3) is 3.55. The molecule has 2 rings (SSSR count). The first-order valence-electron chi connectivity index (χ1n) is 7.08. The van der Waals surface area contributed by atoms with Crippen molar-refractivity contribution in [2.75, 3.05) is 18.8 Å². The van der Waals surface area contributed by atoms with Crippen molar-refractivity contribution in [3.63, 3.8) is 0 Å². The smallest absolute Gasteiger partial charge is 0.410 e. The number of fused-ring (bicyclic) bond motifs is 2. The first-order chi connectivity index (χ1) is 9.64. The average Bonchev–Trinajstić information content (AvgIpc) is 2.46. The lowest BCUT2D eigenvalue weighted by molar-refractivity contribution is -0.113. The minimum Gasteiger partial charge on any atom is -0.444 e. The molecule has 3 atom stereocenters. The number of ether oxygens (including phenoxy) is 1. The van der Waals surface area contributed by atoms with Crippen LogP contribution in [0.5, 0.6) is 0 Å². The summed E-state index contributed by atoms with van der Waals surface area (Å²) in [6.45, 7) is 5.55. The highest BCUT2D eigenvalue weighted by Crippen LogP contribution is 2.27. The molecule has 0 aromatic rings. The van der Waals surface area contributed by atoms with E-state index < -0.39 is 27.8 Å². The monoisotopic (exact) mass is 318 g/mol. The average molecular weight is 318 g/mol. The van der Waals surface area contributed by atoms with Gasteiger partial charge in [-0.25, -0.2) is 13.2 Å². The lowest BCUT2D eigenvalue weighted by Crippen LogP contribution is -2.61. The van der Waals surface area contributed by atoms with Gasteiger partial charge in [0.15, 0.2) is 0 Å². The van der Waals surface area contributed by atoms with E-state index in [4.69, 9.17) is 4.74 Å². The number of rotatable bonds is 1. The van der Waals surface area contributed by atoms with Crippen LogP contribution >= 0.6 is 0 Å². The fourth-order valence-electron chi connectivity index (χ4n) is 2.72. The molecule has 8 heteroatoms. The van der Waals surface area contributed by atoms with Gasteiger partial charge >= 0.3 is 6.09 Å². The zero-order valence-corrected chi connectivity index (χ0v) is 13.4. The maximum atomic E-state index is 12.3. The number of nitrogens with zero attached hydrogens (tertiary/aromatic N) is 2. The summed E-state index contributed by atoms with van der Waals surface area (Å²) in [5, 5.41) is 0. The lowest BCUT2D eigenvalue weighted by Gasteiger charge is -2.42. The number of carbonyl (C=O) groups is 2. The molecule has 2 heterocycles. The van der Waals surface area contributed by atoms with E-state index in [0.29, 0.717) is 19.1 Å². The first-order valence-corrected chi connectivity index (χ1v) is 8.69. The number of amides is 1. The number of hydrogen-bond acceptors (Lipinski definition) is 5. The second-order valence-corrected chi connectivity index (χ2v) is 8.56. The van der Waals surface area contributed by atoms with Crippen LogP contribution in [0.2, 0.25) is 0 Å². The van der Waals surface area contributed by atoms with E-state index in [2.05, 4.69) is 0 Å². The van der Waals surface area contributed by atoms with Gasteiger partial charge in [-0.3, -0.25) is 0 Å². The van der Waals surface area contributed by atoms with E-state index in [-0.39, 0.29) is 24.9 Å². The molecule has 2 aliphatic heterocycles. The van der Waals surface area contributed by atoms with Gasteiger partial charge in [0.2, 0.25) is 10.0 Å². The molecule has 1 amide bonds. The van der Waals surface area contributed by atoms with Gasteiger partial charge in [-0.2, -0.15) is 4.31 Å². The van der Waals surface area contributed by atoms with Gasteiger partial charge in [0.1, 0.15) is 11.9 Å². The van der Waals surface area contributed by atoms with Gasteiger partial charge in [0, 0.05) is 19.1 Å². The van der Waals surface area contributed by atoms with Crippen molar-refractivity contribution in [3.8, 4) is 0 Å². The van der Waals surface area contributed by atoms with Gasteiger partial charge < -0.3 is 14.4 Å². The topological polar surface area (TPSA) is 84.0 Å². The minimum absolute atomic E-state index is 0.0238. The molecular formula is C13H22N2O5S. The fourth-order valence-corrected chi connectivity index (χ4v) is 4.42. The standard InChI is InChI=1S/C13H22N2O5S/c1-13(2,3)20-12(17)14-7-11(9-16)15-8-10(14)5-4-6-21(15,18)19/h9-11H,4-8H2,1-3H3/t10-,11-/m1/s1. The molecule has 0 radical (unpaired) electrons. The highest BCUT2D eigenvalue weighted by atomic mass is 32.2. The highest BCUT2D eigenvalue weighted by molar-refractivity contribution is 7.89. The predicted octanol–water partition coefficient (Wildman–Crippen LogP) is 0.599. The molecule has 0 aromatic carbocycles. The molecule has 2 aliphatic rings. The molecular weight excluding hydrogens is 296 g/mol. The second kappa shape index (κ2) is 5.57. The van der Waals surface area contributed by atoms with Gasteiger partial charge in [0.05, 0.1) is 11.8 Å². The summed E-state index contributed by atoms with van der Waals surface area (Å²) in [7, 11) is -3.41. The van der Waals surface area contributed by atoms with Crippen LogP contribution in [0.25, 0.3) is 0 Å². The summed E-state index contributed by atoms with van der Waals surface area (Å²) in [5.41, 5.74) is -0.623. The Hall–Kier alpha value is -1.15. The molecule has 21 heavy (non-hydrogen) atoms. The summed E-state index contributed by atoms with van der Waals surface area (Å²) < 4.78 is 30.8. The predicted molar refractivity (Wildman–Crippen MR) is 76.3 cm³/mol. The molecule has 0 aromatic heterocycles. The summed E-state index contributed by atoms with van der Waals surface area (Å²) >= 11 is 0. The Morgan fingerprint density at radius 2 is 1.95 bits per heavy atom. The SMILES string of the molecule is CC(C)(C)OC(=O)N1C[C@H](C=O)N2C[C@H]1CCCS2(=O)=O. The Balaban J connectivity index is 2.23. The fraction of sp³-hybridized carbons (Fsp3) is 0.846. The molecule has 2 bridgehead atoms. The van der Waals surface area contributed by atoms with E-state index in [1.54, 1.807) is 20.8 Å². The van der Waals surface area contributed by atoms with Crippen LogP contribution in [0.4, 0.5) is 4.79 Å². The second-order valence-electron chi connectivity index (χ2n) is 6.52. The largest absolute Gasteiger partial charge is 0.444 e. The maximum absolute atomic E-state index is 12.3. The molecule has 0 aliphatic carbocycles. The van der Waals surface area contributed by atoms with Crippen molar-refractivity contribution in [3.05, 3.63) is 0 Å². The number of piperazine rings is 1. The van der Waals surface area contributed by atoms with Crippen LogP contribution in [-0.4, -0.2) is 66.5 Å². The summed E-state index contributed by atoms with van der Waals surface area (Å²) in [6, 6.07) is -1.05. The third-order valence-corrected chi connectivity index (χ3v) is 5.61. The Kier molecular flexibility index (Phi) is 4.30. The summed E-state index contributed by atoms with van der Waals surface area (Å²) in [4.78, 5) is 25.0. The maximum Gasteiger partial charge on any atom is 0.410 e. The van der Waals surface area contributed by atoms with Crippen LogP contribution in [0.15, 0.2) is 0 Å². The van der Waals surface area contributed by atoms with E-state index >= 15 is 0 Å². The van der Waals surface area contributed by atoms with Crippen molar-refractivity contribution in [2.24, 2.45) is 0 Å². The Morgan fingerprint density at radius 3 is 2.52 bits per heavy atom. The molecule has 0 N–H and O–H groups in total. The highest BCUT2D eigenvalue weighted by Gasteiger charge is 2.44. The quantitative estimate of drug-likeness (QED) is 0.661. The van der Waals surface area contributed by atoms with Crippen molar-refractivity contribution < 1.29 is 22.7 Å². The molecule has 7 nitrogen and oxygen atoms in total. The molecule has 0 spiro atoms.